The molecule has 9 nitrogen and oxygen atoms in total. The molecule has 1 aliphatic rings. The molecule has 31 heavy (non-hydrogen) atoms. The van der Waals surface area contributed by atoms with Gasteiger partial charge in [0.2, 0.25) is 15.9 Å². The molecule has 1 aliphatic carbocycles. The minimum atomic E-state index is -3.65. The summed E-state index contributed by atoms with van der Waals surface area (Å²) in [5.41, 5.74) is 1.45. The van der Waals surface area contributed by atoms with Crippen molar-refractivity contribution in [2.75, 3.05) is 31.4 Å². The highest BCUT2D eigenvalue weighted by Crippen LogP contribution is 2.33. The molecular formula is C20H25N3O6S2. The highest BCUT2D eigenvalue weighted by molar-refractivity contribution is 7.89. The summed E-state index contributed by atoms with van der Waals surface area (Å²) in [5, 5.41) is 6.04. The van der Waals surface area contributed by atoms with Crippen molar-refractivity contribution in [3.63, 3.8) is 0 Å². The van der Waals surface area contributed by atoms with E-state index in [0.29, 0.717) is 22.0 Å². The van der Waals surface area contributed by atoms with Crippen LogP contribution in [0.15, 0.2) is 23.1 Å². The van der Waals surface area contributed by atoms with Crippen LogP contribution < -0.4 is 20.1 Å². The van der Waals surface area contributed by atoms with E-state index in [2.05, 4.69) is 15.4 Å². The summed E-state index contributed by atoms with van der Waals surface area (Å²) >= 11 is 1.29. The number of hydrogen-bond donors (Lipinski definition) is 3. The number of amides is 1. The predicted molar refractivity (Wildman–Crippen MR) is 119 cm³/mol. The molecule has 0 aliphatic heterocycles. The maximum absolute atomic E-state index is 12.5. The average Bonchev–Trinajstić information content (AvgIpc) is 3.49. The summed E-state index contributed by atoms with van der Waals surface area (Å²) in [5.74, 6) is -0.526. The van der Waals surface area contributed by atoms with Crippen molar-refractivity contribution in [3.8, 4) is 5.75 Å². The number of hydrogen-bond acceptors (Lipinski definition) is 8. The van der Waals surface area contributed by atoms with Crippen molar-refractivity contribution in [2.24, 2.45) is 0 Å². The second-order valence-electron chi connectivity index (χ2n) is 7.14. The summed E-state index contributed by atoms with van der Waals surface area (Å²) < 4.78 is 37.7. The van der Waals surface area contributed by atoms with E-state index in [4.69, 9.17) is 9.47 Å². The number of nitrogens with one attached hydrogen (secondary N) is 3. The summed E-state index contributed by atoms with van der Waals surface area (Å²) in [6.45, 7) is 3.48. The number of carbonyl (C=O) groups excluding carboxylic acids is 2. The summed E-state index contributed by atoms with van der Waals surface area (Å²) in [7, 11) is -0.907. The van der Waals surface area contributed by atoms with Crippen molar-refractivity contribution >= 4 is 43.9 Å². The van der Waals surface area contributed by atoms with Gasteiger partial charge in [-0.15, -0.1) is 11.3 Å². The zero-order chi connectivity index (χ0) is 22.8. The Morgan fingerprint density at radius 3 is 2.52 bits per heavy atom. The average molecular weight is 468 g/mol. The number of esters is 1. The fourth-order valence-electron chi connectivity index (χ4n) is 2.89. The number of sulfonamides is 1. The van der Waals surface area contributed by atoms with Gasteiger partial charge in [0.1, 0.15) is 10.8 Å². The molecule has 2 aromatic rings. The van der Waals surface area contributed by atoms with Gasteiger partial charge in [-0.3, -0.25) is 4.79 Å². The molecule has 0 spiro atoms. The molecular weight excluding hydrogens is 442 g/mol. The van der Waals surface area contributed by atoms with Crippen molar-refractivity contribution in [2.45, 2.75) is 37.6 Å². The minimum absolute atomic E-state index is 0.0176. The molecule has 0 saturated heterocycles. The Hall–Kier alpha value is -2.63. The molecule has 1 amide bonds. The maximum atomic E-state index is 12.5. The molecule has 0 radical (unpaired) electrons. The van der Waals surface area contributed by atoms with E-state index in [1.807, 2.05) is 6.92 Å². The molecule has 3 N–H and O–H groups in total. The molecule has 1 aromatic carbocycles. The number of carbonyl (C=O) groups is 2. The molecule has 1 fully saturated rings. The fourth-order valence-corrected chi connectivity index (χ4v) is 5.29. The smallest absolute Gasteiger partial charge is 0.341 e. The number of aryl methyl sites for hydroxylation is 1. The summed E-state index contributed by atoms with van der Waals surface area (Å²) in [6.07, 6.45) is 1.66. The molecule has 11 heteroatoms. The van der Waals surface area contributed by atoms with E-state index in [1.165, 1.54) is 43.8 Å². The van der Waals surface area contributed by atoms with E-state index in [0.717, 1.165) is 23.3 Å². The topological polar surface area (TPSA) is 123 Å². The van der Waals surface area contributed by atoms with Crippen LogP contribution in [0, 0.1) is 13.8 Å². The van der Waals surface area contributed by atoms with Crippen LogP contribution in [0.5, 0.6) is 5.75 Å². The molecule has 1 heterocycles. The van der Waals surface area contributed by atoms with E-state index < -0.39 is 21.9 Å². The Morgan fingerprint density at radius 1 is 1.19 bits per heavy atom. The Kier molecular flexibility index (Phi) is 6.87. The third kappa shape index (κ3) is 5.35. The van der Waals surface area contributed by atoms with Crippen LogP contribution in [0.3, 0.4) is 0 Å². The number of rotatable bonds is 9. The van der Waals surface area contributed by atoms with Crippen LogP contribution in [0.25, 0.3) is 0 Å². The van der Waals surface area contributed by atoms with E-state index in [-0.39, 0.29) is 17.5 Å². The van der Waals surface area contributed by atoms with Crippen LogP contribution in [-0.4, -0.2) is 47.1 Å². The number of benzene rings is 1. The van der Waals surface area contributed by atoms with Gasteiger partial charge < -0.3 is 20.1 Å². The first-order valence-corrected chi connectivity index (χ1v) is 11.9. The van der Waals surface area contributed by atoms with Crippen LogP contribution in [0.1, 0.15) is 33.6 Å². The van der Waals surface area contributed by atoms with Gasteiger partial charge in [-0.25, -0.2) is 17.9 Å². The summed E-state index contributed by atoms with van der Waals surface area (Å²) in [6, 6.07) is 4.39. The van der Waals surface area contributed by atoms with Crippen LogP contribution >= 0.6 is 11.3 Å². The molecule has 1 saturated carbocycles. The van der Waals surface area contributed by atoms with E-state index in [1.54, 1.807) is 6.92 Å². The first-order valence-electron chi connectivity index (χ1n) is 9.58. The molecule has 0 atom stereocenters. The number of ether oxygens (including phenoxy) is 2. The third-order valence-corrected chi connectivity index (χ3v) is 7.49. The first kappa shape index (κ1) is 23.0. The molecule has 0 bridgehead atoms. The zero-order valence-corrected chi connectivity index (χ0v) is 19.3. The molecule has 0 unspecified atom stereocenters. The van der Waals surface area contributed by atoms with Crippen LogP contribution in [0.2, 0.25) is 0 Å². The van der Waals surface area contributed by atoms with Gasteiger partial charge >= 0.3 is 5.97 Å². The molecule has 3 rings (SSSR count). The quantitative estimate of drug-likeness (QED) is 0.485. The van der Waals surface area contributed by atoms with Crippen LogP contribution in [0.4, 0.5) is 10.7 Å². The van der Waals surface area contributed by atoms with Crippen molar-refractivity contribution in [1.29, 1.82) is 0 Å². The van der Waals surface area contributed by atoms with E-state index in [9.17, 15) is 18.0 Å². The Balaban J connectivity index is 1.73. The summed E-state index contributed by atoms with van der Waals surface area (Å²) in [4.78, 5) is 25.6. The normalized spacial score (nSPS) is 13.5. The Morgan fingerprint density at radius 2 is 1.90 bits per heavy atom. The second kappa shape index (κ2) is 9.25. The van der Waals surface area contributed by atoms with Crippen molar-refractivity contribution in [3.05, 3.63) is 34.2 Å². The largest absolute Gasteiger partial charge is 0.495 e. The Bertz CT molecular complexity index is 1110. The lowest BCUT2D eigenvalue weighted by Crippen LogP contribution is -2.26. The monoisotopic (exact) mass is 467 g/mol. The van der Waals surface area contributed by atoms with Crippen molar-refractivity contribution in [1.82, 2.24) is 4.72 Å². The molecule has 168 valence electrons. The minimum Gasteiger partial charge on any atom is -0.495 e. The van der Waals surface area contributed by atoms with Gasteiger partial charge in [0.05, 0.1) is 36.9 Å². The van der Waals surface area contributed by atoms with Gasteiger partial charge in [-0.05, 0) is 50.5 Å². The SMILES string of the molecule is COC(=O)c1c(NC(=O)CNc2cc(S(=O)(=O)NC3CC3)ccc2OC)sc(C)c1C. The van der Waals surface area contributed by atoms with Gasteiger partial charge in [-0.1, -0.05) is 0 Å². The predicted octanol–water partition coefficient (Wildman–Crippen LogP) is 2.65. The third-order valence-electron chi connectivity index (χ3n) is 4.85. The number of methoxy groups -OCH3 is 2. The standard InChI is InChI=1S/C20H25N3O6S2/c1-11-12(2)30-19(18(11)20(25)29-4)22-17(24)10-21-15-9-14(7-8-16(15)28-3)31(26,27)23-13-5-6-13/h7-9,13,21,23H,5-6,10H2,1-4H3,(H,22,24). The van der Waals surface area contributed by atoms with E-state index >= 15 is 0 Å². The fraction of sp³-hybridized carbons (Fsp3) is 0.400. The lowest BCUT2D eigenvalue weighted by molar-refractivity contribution is -0.114. The second-order valence-corrected chi connectivity index (χ2v) is 10.1. The first-order chi connectivity index (χ1) is 14.7. The van der Waals surface area contributed by atoms with Gasteiger partial charge in [0.15, 0.2) is 0 Å². The Labute approximate surface area is 185 Å². The zero-order valence-electron chi connectivity index (χ0n) is 17.7. The highest BCUT2D eigenvalue weighted by Gasteiger charge is 2.28. The van der Waals surface area contributed by atoms with Crippen molar-refractivity contribution < 1.29 is 27.5 Å². The lowest BCUT2D eigenvalue weighted by Gasteiger charge is -2.14. The maximum Gasteiger partial charge on any atom is 0.341 e. The lowest BCUT2D eigenvalue weighted by atomic mass is 10.1. The van der Waals surface area contributed by atoms with Gasteiger partial charge in [0.25, 0.3) is 0 Å². The number of thiophene rings is 1. The highest BCUT2D eigenvalue weighted by atomic mass is 32.2. The van der Waals surface area contributed by atoms with Crippen LogP contribution in [-0.2, 0) is 19.6 Å². The number of anilines is 2. The van der Waals surface area contributed by atoms with Gasteiger partial charge in [-0.2, -0.15) is 0 Å². The molecule has 1 aromatic heterocycles. The van der Waals surface area contributed by atoms with Gasteiger partial charge in [0, 0.05) is 10.9 Å².